The molecule has 5 atom stereocenters. The van der Waals surface area contributed by atoms with Crippen LogP contribution in [0.1, 0.15) is 23.8 Å². The van der Waals surface area contributed by atoms with Crippen molar-refractivity contribution in [3.05, 3.63) is 68.6 Å². The quantitative estimate of drug-likeness (QED) is 0.0679. The molecule has 0 aliphatic carbocycles. The van der Waals surface area contributed by atoms with E-state index in [4.69, 9.17) is 30.5 Å². The normalized spacial score (nSPS) is 21.8. The molecule has 1 fully saturated rings. The number of phosphoric ester groups is 1. The summed E-state index contributed by atoms with van der Waals surface area (Å²) >= 11 is 0. The summed E-state index contributed by atoms with van der Waals surface area (Å²) in [6, 6.07) is 7.83. The average molecular weight is 640 g/mol. The molecular weight excluding hydrogens is 617 g/mol. The van der Waals surface area contributed by atoms with Gasteiger partial charge in [-0.05, 0) is 22.7 Å². The number of hydrogen-bond acceptors (Lipinski definition) is 13. The van der Waals surface area contributed by atoms with Gasteiger partial charge in [-0.1, -0.05) is 29.4 Å². The van der Waals surface area contributed by atoms with Crippen molar-refractivity contribution in [2.24, 2.45) is 5.11 Å². The van der Waals surface area contributed by atoms with Crippen molar-refractivity contribution in [1.82, 2.24) is 9.55 Å². The fraction of sp³-hybridized carbons (Fsp3) is 0.389. The molecule has 3 rings (SSSR count). The number of nitrogens with zero attached hydrogens (tertiary/aromatic N) is 5. The molecule has 2 aromatic rings. The number of ether oxygens (including phenoxy) is 2. The number of azide groups is 1. The van der Waals surface area contributed by atoms with E-state index in [0.717, 1.165) is 4.57 Å². The Morgan fingerprint density at radius 1 is 1.15 bits per heavy atom. The second kappa shape index (κ2) is 13.4. The molecule has 1 aliphatic rings. The van der Waals surface area contributed by atoms with E-state index in [-0.39, 0.29) is 25.2 Å². The molecule has 0 bridgehead atoms. The lowest BCUT2D eigenvalue weighted by molar-refractivity contribution is -0.152. The van der Waals surface area contributed by atoms with E-state index < -0.39 is 60.2 Å². The lowest BCUT2D eigenvalue weighted by atomic mass is 10.0. The van der Waals surface area contributed by atoms with Crippen LogP contribution in [0, 0.1) is 0 Å². The molecule has 224 valence electrons. The Morgan fingerprint density at radius 2 is 1.83 bits per heavy atom. The van der Waals surface area contributed by atoms with Crippen molar-refractivity contribution < 1.29 is 60.7 Å². The molecule has 23 heteroatoms. The minimum Gasteiger partial charge on any atom is -0.459 e. The molecule has 1 aromatic carbocycles. The van der Waals surface area contributed by atoms with Crippen LogP contribution in [-0.2, 0) is 54.1 Å². The van der Waals surface area contributed by atoms with Crippen LogP contribution in [0.25, 0.3) is 10.4 Å². The topological polar surface area (TPSA) is 305 Å². The number of esters is 1. The molecule has 1 aliphatic heterocycles. The number of rotatable bonds is 13. The maximum absolute atomic E-state index is 12.8. The van der Waals surface area contributed by atoms with Crippen LogP contribution in [0.4, 0.5) is 5.82 Å². The highest BCUT2D eigenvalue weighted by Crippen LogP contribution is 2.66. The Kier molecular flexibility index (Phi) is 10.6. The lowest BCUT2D eigenvalue weighted by Crippen LogP contribution is -2.31. The van der Waals surface area contributed by atoms with Crippen LogP contribution < -0.4 is 11.4 Å². The third-order valence-corrected chi connectivity index (χ3v) is 9.00. The van der Waals surface area contributed by atoms with Gasteiger partial charge in [0.05, 0.1) is 19.6 Å². The summed E-state index contributed by atoms with van der Waals surface area (Å²) in [6.45, 7) is -0.979. The van der Waals surface area contributed by atoms with Crippen molar-refractivity contribution in [1.29, 1.82) is 0 Å². The summed E-state index contributed by atoms with van der Waals surface area (Å²) in [5.41, 5.74) is 14.3. The van der Waals surface area contributed by atoms with E-state index in [9.17, 15) is 33.1 Å². The Hall–Kier alpha value is -2.95. The van der Waals surface area contributed by atoms with Gasteiger partial charge in [-0.25, -0.2) is 18.5 Å². The number of aromatic nitrogens is 2. The zero-order chi connectivity index (χ0) is 30.4. The van der Waals surface area contributed by atoms with Crippen molar-refractivity contribution in [3.63, 3.8) is 0 Å². The lowest BCUT2D eigenvalue weighted by Gasteiger charge is -2.21. The molecule has 1 saturated heterocycles. The van der Waals surface area contributed by atoms with Gasteiger partial charge in [0.15, 0.2) is 0 Å². The molecule has 0 saturated carbocycles. The van der Waals surface area contributed by atoms with Crippen LogP contribution in [0.3, 0.4) is 0 Å². The van der Waals surface area contributed by atoms with Crippen molar-refractivity contribution in [3.8, 4) is 0 Å². The van der Waals surface area contributed by atoms with E-state index in [0.29, 0.717) is 11.1 Å². The van der Waals surface area contributed by atoms with Gasteiger partial charge in [0.1, 0.15) is 24.3 Å². The standard InChI is InChI=1S/C18H23N6O14P3/c19-15-5-6-24(18(26)22-15)16-8-13(36-17(25)7-11-3-1-2-4-12(11)9-21-23-20)14(35-16)10-34-40(30,31)38-41(32,33)37-39(27,28)29/h1-6,13-14,16H,7-10H2,(H,30,31)(H,32,33)(H2,19,22,26)(H2,27,28,29)/t13?,14-,16-/m1/s1. The summed E-state index contributed by atoms with van der Waals surface area (Å²) in [4.78, 5) is 67.8. The number of carbonyl (C=O) groups excluding carboxylic acids is 1. The van der Waals surface area contributed by atoms with Gasteiger partial charge in [-0.15, -0.1) is 0 Å². The molecule has 20 nitrogen and oxygen atoms in total. The highest BCUT2D eigenvalue weighted by atomic mass is 31.3. The number of phosphoric acid groups is 3. The van der Waals surface area contributed by atoms with Gasteiger partial charge in [-0.3, -0.25) is 13.9 Å². The van der Waals surface area contributed by atoms with Crippen molar-refractivity contribution >= 4 is 35.3 Å². The maximum Gasteiger partial charge on any atom is 0.490 e. The van der Waals surface area contributed by atoms with Gasteiger partial charge >= 0.3 is 35.1 Å². The minimum atomic E-state index is -5.78. The number of carbonyl (C=O) groups is 1. The van der Waals surface area contributed by atoms with Gasteiger partial charge in [-0.2, -0.15) is 13.6 Å². The van der Waals surface area contributed by atoms with E-state index in [2.05, 4.69) is 28.2 Å². The summed E-state index contributed by atoms with van der Waals surface area (Å²) in [5, 5.41) is 3.47. The van der Waals surface area contributed by atoms with Crippen LogP contribution in [0.2, 0.25) is 0 Å². The number of nitrogens with two attached hydrogens (primary N) is 1. The van der Waals surface area contributed by atoms with Gasteiger partial charge in [0.2, 0.25) is 0 Å². The van der Waals surface area contributed by atoms with Gasteiger partial charge in [0, 0.05) is 17.5 Å². The SMILES string of the molecule is [N-]=[N+]=NCc1ccccc1CC(=O)OC1C[C@H](n2ccc(N)nc2=O)O[C@@H]1COP(=O)(O)OP(=O)(O)OP(=O)(O)O. The maximum atomic E-state index is 12.8. The summed E-state index contributed by atoms with van der Waals surface area (Å²) in [6.07, 6.45) is -2.98. The summed E-state index contributed by atoms with van der Waals surface area (Å²) < 4.78 is 58.7. The second-order valence-corrected chi connectivity index (χ2v) is 12.6. The third-order valence-electron chi connectivity index (χ3n) is 5.20. The third kappa shape index (κ3) is 10.1. The van der Waals surface area contributed by atoms with Crippen LogP contribution in [-0.4, -0.2) is 53.9 Å². The number of benzene rings is 1. The molecule has 41 heavy (non-hydrogen) atoms. The number of nitrogen functional groups attached to an aromatic ring is 1. The predicted octanol–water partition coefficient (Wildman–Crippen LogP) is 1.42. The molecule has 0 spiro atoms. The van der Waals surface area contributed by atoms with E-state index in [1.54, 1.807) is 24.3 Å². The second-order valence-electron chi connectivity index (χ2n) is 8.16. The van der Waals surface area contributed by atoms with E-state index >= 15 is 0 Å². The van der Waals surface area contributed by atoms with Crippen molar-refractivity contribution in [2.45, 2.75) is 37.8 Å². The summed E-state index contributed by atoms with van der Waals surface area (Å²) in [5.74, 6) is -0.894. The first-order chi connectivity index (χ1) is 19.1. The Morgan fingerprint density at radius 3 is 2.46 bits per heavy atom. The fourth-order valence-corrected chi connectivity index (χ4v) is 6.65. The van der Waals surface area contributed by atoms with Crippen LogP contribution in [0.5, 0.6) is 0 Å². The highest BCUT2D eigenvalue weighted by Gasteiger charge is 2.44. The number of anilines is 1. The first kappa shape index (κ1) is 32.6. The molecule has 3 unspecified atom stereocenters. The Balaban J connectivity index is 1.77. The number of hydrogen-bond donors (Lipinski definition) is 5. The first-order valence-electron chi connectivity index (χ1n) is 11.1. The fourth-order valence-electron chi connectivity index (χ4n) is 3.62. The molecule has 1 aromatic heterocycles. The van der Waals surface area contributed by atoms with Crippen LogP contribution in [0.15, 0.2) is 46.4 Å². The molecule has 2 heterocycles. The Labute approximate surface area is 229 Å². The van der Waals surface area contributed by atoms with E-state index in [1.807, 2.05) is 0 Å². The van der Waals surface area contributed by atoms with Crippen molar-refractivity contribution in [2.75, 3.05) is 12.3 Å². The molecule has 0 amide bonds. The smallest absolute Gasteiger partial charge is 0.459 e. The van der Waals surface area contributed by atoms with E-state index in [1.165, 1.54) is 12.3 Å². The highest BCUT2D eigenvalue weighted by molar-refractivity contribution is 7.66. The van der Waals surface area contributed by atoms with Crippen LogP contribution >= 0.6 is 23.5 Å². The zero-order valence-corrected chi connectivity index (χ0v) is 23.2. The molecular formula is C18H23N6O14P3. The van der Waals surface area contributed by atoms with Gasteiger partial charge in [0.25, 0.3) is 0 Å². The predicted molar refractivity (Wildman–Crippen MR) is 134 cm³/mol. The monoisotopic (exact) mass is 640 g/mol. The zero-order valence-electron chi connectivity index (χ0n) is 20.6. The molecule has 0 radical (unpaired) electrons. The first-order valence-corrected chi connectivity index (χ1v) is 15.7. The summed E-state index contributed by atoms with van der Waals surface area (Å²) in [7, 11) is -16.9. The minimum absolute atomic E-state index is 0.0374. The molecule has 6 N–H and O–H groups in total. The average Bonchev–Trinajstić information content (AvgIpc) is 3.22. The Bertz CT molecular complexity index is 1520. The largest absolute Gasteiger partial charge is 0.490 e. The van der Waals surface area contributed by atoms with Gasteiger partial charge < -0.3 is 34.8 Å².